The first-order valence-corrected chi connectivity index (χ1v) is 10.2. The van der Waals surface area contributed by atoms with Crippen LogP contribution in [0.15, 0.2) is 22.8 Å². The molecule has 0 saturated carbocycles. The van der Waals surface area contributed by atoms with Gasteiger partial charge in [-0.25, -0.2) is 4.63 Å². The van der Waals surface area contributed by atoms with Gasteiger partial charge in [0.1, 0.15) is 11.0 Å². The summed E-state index contributed by atoms with van der Waals surface area (Å²) >= 11 is 0. The van der Waals surface area contributed by atoms with E-state index in [0.717, 1.165) is 55.5 Å². The van der Waals surface area contributed by atoms with E-state index in [-0.39, 0.29) is 0 Å². The lowest BCUT2D eigenvalue weighted by Gasteiger charge is -2.26. The van der Waals surface area contributed by atoms with Gasteiger partial charge < -0.3 is 0 Å². The molecule has 0 unspecified atom stereocenters. The zero-order valence-corrected chi connectivity index (χ0v) is 15.0. The van der Waals surface area contributed by atoms with Crippen LogP contribution in [0.5, 0.6) is 0 Å². The van der Waals surface area contributed by atoms with E-state index in [9.17, 15) is 8.42 Å². The Morgan fingerprint density at radius 3 is 2.52 bits per heavy atom. The van der Waals surface area contributed by atoms with Crippen LogP contribution in [0.1, 0.15) is 24.8 Å². The lowest BCUT2D eigenvalue weighted by Crippen LogP contribution is -2.44. The highest BCUT2D eigenvalue weighted by atomic mass is 32.2. The molecule has 2 aliphatic rings. The molecule has 8 nitrogen and oxygen atoms in total. The average Bonchev–Trinajstić information content (AvgIpc) is 3.25. The molecule has 25 heavy (non-hydrogen) atoms. The van der Waals surface area contributed by atoms with Gasteiger partial charge in [-0.05, 0) is 47.8 Å². The van der Waals surface area contributed by atoms with Crippen molar-refractivity contribution < 1.29 is 13.0 Å². The number of aromatic nitrogens is 2. The van der Waals surface area contributed by atoms with Crippen LogP contribution in [0.25, 0.3) is 11.0 Å². The Kier molecular flexibility index (Phi) is 4.72. The SMILES string of the molecule is O=S(=O)(N1CCCC1)N1CCCN(Cc2cccc3nonc23)CC1. The summed E-state index contributed by atoms with van der Waals surface area (Å²) in [5, 5.41) is 7.87. The molecule has 2 aromatic rings. The van der Waals surface area contributed by atoms with Crippen LogP contribution in [-0.4, -0.2) is 71.5 Å². The number of benzene rings is 1. The highest BCUT2D eigenvalue weighted by molar-refractivity contribution is 7.86. The molecule has 0 radical (unpaired) electrons. The van der Waals surface area contributed by atoms with Gasteiger partial charge in [-0.3, -0.25) is 4.90 Å². The van der Waals surface area contributed by atoms with Crippen molar-refractivity contribution in [2.75, 3.05) is 39.3 Å². The standard InChI is InChI=1S/C16H23N5O3S/c22-25(23,20-8-1-2-9-20)21-10-4-7-19(11-12-21)13-14-5-3-6-15-16(14)18-24-17-15/h3,5-6H,1-2,4,7-13H2. The van der Waals surface area contributed by atoms with Crippen LogP contribution in [0.4, 0.5) is 0 Å². The molecule has 1 aromatic carbocycles. The Morgan fingerprint density at radius 2 is 1.68 bits per heavy atom. The Hall–Kier alpha value is -1.55. The summed E-state index contributed by atoms with van der Waals surface area (Å²) in [6.07, 6.45) is 2.77. The molecule has 2 aliphatic heterocycles. The Morgan fingerprint density at radius 1 is 0.920 bits per heavy atom. The highest BCUT2D eigenvalue weighted by Crippen LogP contribution is 2.20. The van der Waals surface area contributed by atoms with Gasteiger partial charge in [0.15, 0.2) is 0 Å². The van der Waals surface area contributed by atoms with Gasteiger partial charge in [0, 0.05) is 39.3 Å². The van der Waals surface area contributed by atoms with E-state index >= 15 is 0 Å². The molecule has 4 rings (SSSR count). The third-order valence-electron chi connectivity index (χ3n) is 5.03. The summed E-state index contributed by atoms with van der Waals surface area (Å²) in [5.41, 5.74) is 2.61. The molecular formula is C16H23N5O3S. The zero-order valence-electron chi connectivity index (χ0n) is 14.2. The minimum absolute atomic E-state index is 0.534. The molecule has 0 aliphatic carbocycles. The fourth-order valence-electron chi connectivity index (χ4n) is 3.65. The average molecular weight is 365 g/mol. The van der Waals surface area contributed by atoms with E-state index in [1.807, 2.05) is 18.2 Å². The van der Waals surface area contributed by atoms with Crippen molar-refractivity contribution in [2.45, 2.75) is 25.8 Å². The maximum Gasteiger partial charge on any atom is 0.282 e. The number of hydrogen-bond donors (Lipinski definition) is 0. The van der Waals surface area contributed by atoms with Gasteiger partial charge in [-0.15, -0.1) is 0 Å². The van der Waals surface area contributed by atoms with E-state index in [1.165, 1.54) is 0 Å². The number of nitrogens with zero attached hydrogens (tertiary/aromatic N) is 5. The summed E-state index contributed by atoms with van der Waals surface area (Å²) in [6.45, 7) is 4.75. The molecular weight excluding hydrogens is 342 g/mol. The lowest BCUT2D eigenvalue weighted by atomic mass is 10.1. The molecule has 0 bridgehead atoms. The largest absolute Gasteiger partial charge is 0.298 e. The van der Waals surface area contributed by atoms with Crippen LogP contribution >= 0.6 is 0 Å². The summed E-state index contributed by atoms with van der Waals surface area (Å²) in [5.74, 6) is 0. The van der Waals surface area contributed by atoms with Crippen molar-refractivity contribution in [2.24, 2.45) is 0 Å². The van der Waals surface area contributed by atoms with Crippen molar-refractivity contribution >= 4 is 21.2 Å². The summed E-state index contributed by atoms with van der Waals surface area (Å²) in [4.78, 5) is 2.28. The fourth-order valence-corrected chi connectivity index (χ4v) is 5.37. The van der Waals surface area contributed by atoms with E-state index < -0.39 is 10.2 Å². The van der Waals surface area contributed by atoms with E-state index in [2.05, 4.69) is 15.2 Å². The van der Waals surface area contributed by atoms with Crippen molar-refractivity contribution in [3.05, 3.63) is 23.8 Å². The van der Waals surface area contributed by atoms with Crippen LogP contribution in [-0.2, 0) is 16.8 Å². The lowest BCUT2D eigenvalue weighted by molar-refractivity contribution is 0.276. The minimum Gasteiger partial charge on any atom is -0.298 e. The van der Waals surface area contributed by atoms with Crippen molar-refractivity contribution in [3.8, 4) is 0 Å². The highest BCUT2D eigenvalue weighted by Gasteiger charge is 2.32. The van der Waals surface area contributed by atoms with Gasteiger partial charge in [0.25, 0.3) is 10.2 Å². The third-order valence-corrected chi connectivity index (χ3v) is 7.06. The summed E-state index contributed by atoms with van der Waals surface area (Å²) < 4.78 is 33.6. The summed E-state index contributed by atoms with van der Waals surface area (Å²) in [6, 6.07) is 5.85. The molecule has 0 N–H and O–H groups in total. The van der Waals surface area contributed by atoms with Crippen LogP contribution in [0.3, 0.4) is 0 Å². The molecule has 3 heterocycles. The van der Waals surface area contributed by atoms with Crippen molar-refractivity contribution in [1.29, 1.82) is 0 Å². The quantitative estimate of drug-likeness (QED) is 0.806. The topological polar surface area (TPSA) is 82.8 Å². The van der Waals surface area contributed by atoms with Crippen LogP contribution < -0.4 is 0 Å². The predicted octanol–water partition coefficient (Wildman–Crippen LogP) is 1.07. The van der Waals surface area contributed by atoms with Gasteiger partial charge in [-0.2, -0.15) is 17.0 Å². The molecule has 2 fully saturated rings. The fraction of sp³-hybridized carbons (Fsp3) is 0.625. The number of rotatable bonds is 4. The van der Waals surface area contributed by atoms with Crippen molar-refractivity contribution in [3.63, 3.8) is 0 Å². The second kappa shape index (κ2) is 6.99. The Bertz CT molecular complexity index is 831. The van der Waals surface area contributed by atoms with Gasteiger partial charge in [-0.1, -0.05) is 12.1 Å². The Balaban J connectivity index is 1.44. The first-order valence-electron chi connectivity index (χ1n) is 8.82. The molecule has 0 atom stereocenters. The smallest absolute Gasteiger partial charge is 0.282 e. The van der Waals surface area contributed by atoms with Gasteiger partial charge in [0.05, 0.1) is 0 Å². The molecule has 0 amide bonds. The molecule has 136 valence electrons. The second-order valence-corrected chi connectivity index (χ2v) is 8.62. The number of hydrogen-bond acceptors (Lipinski definition) is 6. The normalized spacial score (nSPS) is 21.8. The zero-order chi connectivity index (χ0) is 17.3. The van der Waals surface area contributed by atoms with Gasteiger partial charge in [0.2, 0.25) is 0 Å². The first-order chi connectivity index (χ1) is 12.1. The maximum absolute atomic E-state index is 12.7. The third kappa shape index (κ3) is 3.41. The second-order valence-electron chi connectivity index (χ2n) is 6.69. The first kappa shape index (κ1) is 16.9. The van der Waals surface area contributed by atoms with Gasteiger partial charge >= 0.3 is 0 Å². The monoisotopic (exact) mass is 365 g/mol. The molecule has 0 spiro atoms. The molecule has 2 saturated heterocycles. The summed E-state index contributed by atoms with van der Waals surface area (Å²) in [7, 11) is -3.30. The maximum atomic E-state index is 12.7. The van der Waals surface area contributed by atoms with E-state index in [0.29, 0.717) is 26.2 Å². The predicted molar refractivity (Wildman–Crippen MR) is 93.0 cm³/mol. The van der Waals surface area contributed by atoms with Crippen molar-refractivity contribution in [1.82, 2.24) is 23.8 Å². The van der Waals surface area contributed by atoms with Crippen LogP contribution in [0, 0.1) is 0 Å². The molecule has 9 heteroatoms. The van der Waals surface area contributed by atoms with E-state index in [1.54, 1.807) is 8.61 Å². The van der Waals surface area contributed by atoms with E-state index in [4.69, 9.17) is 4.63 Å². The minimum atomic E-state index is -3.30. The Labute approximate surface area is 147 Å². The molecule has 1 aromatic heterocycles. The number of fused-ring (bicyclic) bond motifs is 1. The van der Waals surface area contributed by atoms with Crippen LogP contribution in [0.2, 0.25) is 0 Å².